The molecule has 0 heterocycles. The summed E-state index contributed by atoms with van der Waals surface area (Å²) in [5.41, 5.74) is 0.940. The van der Waals surface area contributed by atoms with Gasteiger partial charge >= 0.3 is 12.1 Å². The fourth-order valence-corrected chi connectivity index (χ4v) is 2.50. The lowest BCUT2D eigenvalue weighted by Gasteiger charge is -2.09. The molecule has 0 saturated heterocycles. The first-order chi connectivity index (χ1) is 13.8. The van der Waals surface area contributed by atoms with E-state index in [-0.39, 0.29) is 18.1 Å². The Morgan fingerprint density at radius 3 is 1.97 bits per heavy atom. The number of benzene rings is 3. The molecule has 1 N–H and O–H groups in total. The van der Waals surface area contributed by atoms with Crippen LogP contribution in [0, 0.1) is 0 Å². The molecule has 7 heteroatoms. The van der Waals surface area contributed by atoms with Gasteiger partial charge in [-0.15, -0.1) is 0 Å². The lowest BCUT2D eigenvalue weighted by molar-refractivity contribution is -0.137. The summed E-state index contributed by atoms with van der Waals surface area (Å²) in [7, 11) is 0. The number of anilines is 1. The number of carbonyl (C=O) groups excluding carboxylic acids is 2. The summed E-state index contributed by atoms with van der Waals surface area (Å²) in [6, 6.07) is 19.3. The highest BCUT2D eigenvalue weighted by Gasteiger charge is 2.30. The lowest BCUT2D eigenvalue weighted by Crippen LogP contribution is -2.12. The summed E-state index contributed by atoms with van der Waals surface area (Å²) in [6.45, 7) is -0.0690. The predicted molar refractivity (Wildman–Crippen MR) is 101 cm³/mol. The normalized spacial score (nSPS) is 11.0. The SMILES string of the molecule is O=C(Nc1ccccc1)c1ccc(COC(=O)c2ccc(C(F)(F)F)cc2)cc1. The van der Waals surface area contributed by atoms with Gasteiger partial charge in [0.05, 0.1) is 11.1 Å². The van der Waals surface area contributed by atoms with Crippen LogP contribution in [0.2, 0.25) is 0 Å². The van der Waals surface area contributed by atoms with Crippen molar-refractivity contribution in [3.8, 4) is 0 Å². The van der Waals surface area contributed by atoms with Gasteiger partial charge in [0.2, 0.25) is 0 Å². The topological polar surface area (TPSA) is 55.4 Å². The molecule has 0 saturated carbocycles. The molecule has 0 aromatic heterocycles. The van der Waals surface area contributed by atoms with Gasteiger partial charge in [0.25, 0.3) is 5.91 Å². The van der Waals surface area contributed by atoms with Crippen molar-refractivity contribution in [2.75, 3.05) is 5.32 Å². The Balaban J connectivity index is 1.56. The smallest absolute Gasteiger partial charge is 0.416 e. The zero-order valence-electron chi connectivity index (χ0n) is 15.1. The second-order valence-corrected chi connectivity index (χ2v) is 6.17. The molecular weight excluding hydrogens is 383 g/mol. The van der Waals surface area contributed by atoms with E-state index in [0.717, 1.165) is 24.3 Å². The molecule has 0 bridgehead atoms. The average molecular weight is 399 g/mol. The molecule has 0 spiro atoms. The highest BCUT2D eigenvalue weighted by molar-refractivity contribution is 6.04. The van der Waals surface area contributed by atoms with Crippen LogP contribution in [0.15, 0.2) is 78.9 Å². The quantitative estimate of drug-likeness (QED) is 0.591. The van der Waals surface area contributed by atoms with Crippen LogP contribution in [0.25, 0.3) is 0 Å². The van der Waals surface area contributed by atoms with Gasteiger partial charge in [-0.1, -0.05) is 30.3 Å². The molecule has 0 atom stereocenters. The minimum absolute atomic E-state index is 0.0249. The van der Waals surface area contributed by atoms with Crippen LogP contribution in [0.3, 0.4) is 0 Å². The number of esters is 1. The highest BCUT2D eigenvalue weighted by atomic mass is 19.4. The molecule has 3 aromatic carbocycles. The fraction of sp³-hybridized carbons (Fsp3) is 0.0909. The fourth-order valence-electron chi connectivity index (χ4n) is 2.50. The number of halogens is 3. The Labute approximate surface area is 164 Å². The van der Waals surface area contributed by atoms with Gasteiger partial charge < -0.3 is 10.1 Å². The van der Waals surface area contributed by atoms with E-state index in [1.807, 2.05) is 18.2 Å². The third-order valence-electron chi connectivity index (χ3n) is 4.07. The number of amides is 1. The van der Waals surface area contributed by atoms with Crippen LogP contribution in [0.5, 0.6) is 0 Å². The maximum Gasteiger partial charge on any atom is 0.416 e. The van der Waals surface area contributed by atoms with Crippen molar-refractivity contribution in [3.63, 3.8) is 0 Å². The minimum atomic E-state index is -4.46. The second kappa shape index (κ2) is 8.60. The number of alkyl halides is 3. The number of rotatable bonds is 5. The molecule has 3 aromatic rings. The molecule has 0 radical (unpaired) electrons. The van der Waals surface area contributed by atoms with Crippen molar-refractivity contribution in [2.24, 2.45) is 0 Å². The minimum Gasteiger partial charge on any atom is -0.457 e. The van der Waals surface area contributed by atoms with Gasteiger partial charge in [-0.25, -0.2) is 4.79 Å². The third-order valence-corrected chi connectivity index (χ3v) is 4.07. The molecular formula is C22H16F3NO3. The van der Waals surface area contributed by atoms with Crippen LogP contribution in [0.4, 0.5) is 18.9 Å². The van der Waals surface area contributed by atoms with Crippen molar-refractivity contribution < 1.29 is 27.5 Å². The maximum atomic E-state index is 12.6. The molecule has 0 aliphatic rings. The predicted octanol–water partition coefficient (Wildman–Crippen LogP) is 5.31. The van der Waals surface area contributed by atoms with Gasteiger partial charge in [0.15, 0.2) is 0 Å². The van der Waals surface area contributed by atoms with Crippen LogP contribution in [0.1, 0.15) is 31.8 Å². The van der Waals surface area contributed by atoms with Crippen LogP contribution < -0.4 is 5.32 Å². The lowest BCUT2D eigenvalue weighted by atomic mass is 10.1. The van der Waals surface area contributed by atoms with Gasteiger partial charge in [0.1, 0.15) is 6.61 Å². The highest BCUT2D eigenvalue weighted by Crippen LogP contribution is 2.29. The zero-order chi connectivity index (χ0) is 20.9. The zero-order valence-corrected chi connectivity index (χ0v) is 15.1. The Morgan fingerprint density at radius 2 is 1.38 bits per heavy atom. The molecule has 148 valence electrons. The summed E-state index contributed by atoms with van der Waals surface area (Å²) in [4.78, 5) is 24.2. The van der Waals surface area contributed by atoms with Gasteiger partial charge in [-0.05, 0) is 54.1 Å². The Bertz CT molecular complexity index is 983. The largest absolute Gasteiger partial charge is 0.457 e. The molecule has 0 unspecified atom stereocenters. The van der Waals surface area contributed by atoms with Crippen molar-refractivity contribution in [2.45, 2.75) is 12.8 Å². The first kappa shape index (κ1) is 20.1. The molecule has 4 nitrogen and oxygen atoms in total. The number of hydrogen-bond acceptors (Lipinski definition) is 3. The molecule has 0 fully saturated rings. The van der Waals surface area contributed by atoms with E-state index in [1.165, 1.54) is 0 Å². The summed E-state index contributed by atoms with van der Waals surface area (Å²) < 4.78 is 42.8. The van der Waals surface area contributed by atoms with E-state index >= 15 is 0 Å². The second-order valence-electron chi connectivity index (χ2n) is 6.17. The molecule has 3 rings (SSSR count). The molecule has 1 amide bonds. The van der Waals surface area contributed by atoms with Crippen LogP contribution >= 0.6 is 0 Å². The van der Waals surface area contributed by atoms with E-state index in [4.69, 9.17) is 4.74 Å². The Kier molecular flexibility index (Phi) is 5.97. The number of hydrogen-bond donors (Lipinski definition) is 1. The summed E-state index contributed by atoms with van der Waals surface area (Å²) in [5.74, 6) is -1.01. The van der Waals surface area contributed by atoms with Gasteiger partial charge in [-0.3, -0.25) is 4.79 Å². The van der Waals surface area contributed by atoms with Crippen molar-refractivity contribution in [1.82, 2.24) is 0 Å². The van der Waals surface area contributed by atoms with E-state index < -0.39 is 17.7 Å². The molecule has 0 aliphatic carbocycles. The number of ether oxygens (including phenoxy) is 1. The Hall–Kier alpha value is -3.61. The number of carbonyl (C=O) groups is 2. The van der Waals surface area contributed by atoms with Crippen LogP contribution in [-0.4, -0.2) is 11.9 Å². The van der Waals surface area contributed by atoms with E-state index in [0.29, 0.717) is 16.8 Å². The number of nitrogens with one attached hydrogen (secondary N) is 1. The maximum absolute atomic E-state index is 12.6. The standard InChI is InChI=1S/C22H16F3NO3/c23-22(24,25)18-12-10-17(11-13-18)21(28)29-14-15-6-8-16(9-7-15)20(27)26-19-4-2-1-3-5-19/h1-13H,14H2,(H,26,27). The van der Waals surface area contributed by atoms with Crippen LogP contribution in [-0.2, 0) is 17.5 Å². The summed E-state index contributed by atoms with van der Waals surface area (Å²) >= 11 is 0. The third kappa shape index (κ3) is 5.44. The van der Waals surface area contributed by atoms with Gasteiger partial charge in [0, 0.05) is 11.3 Å². The first-order valence-corrected chi connectivity index (χ1v) is 8.62. The van der Waals surface area contributed by atoms with E-state index in [2.05, 4.69) is 5.32 Å². The molecule has 0 aliphatic heterocycles. The monoisotopic (exact) mass is 399 g/mol. The average Bonchev–Trinajstić information content (AvgIpc) is 2.72. The van der Waals surface area contributed by atoms with E-state index in [9.17, 15) is 22.8 Å². The van der Waals surface area contributed by atoms with Crippen molar-refractivity contribution in [3.05, 3.63) is 101 Å². The number of para-hydroxylation sites is 1. The first-order valence-electron chi connectivity index (χ1n) is 8.62. The van der Waals surface area contributed by atoms with Crippen molar-refractivity contribution >= 4 is 17.6 Å². The Morgan fingerprint density at radius 1 is 0.793 bits per heavy atom. The molecule has 29 heavy (non-hydrogen) atoms. The van der Waals surface area contributed by atoms with Gasteiger partial charge in [-0.2, -0.15) is 13.2 Å². The van der Waals surface area contributed by atoms with Crippen molar-refractivity contribution in [1.29, 1.82) is 0 Å². The summed E-state index contributed by atoms with van der Waals surface area (Å²) in [5, 5.41) is 2.76. The van der Waals surface area contributed by atoms with E-state index in [1.54, 1.807) is 36.4 Å². The summed E-state index contributed by atoms with van der Waals surface area (Å²) in [6.07, 6.45) is -4.46.